The van der Waals surface area contributed by atoms with Gasteiger partial charge in [-0.15, -0.1) is 0 Å². The maximum Gasteiger partial charge on any atom is 0.244 e. The summed E-state index contributed by atoms with van der Waals surface area (Å²) in [6.45, 7) is 0. The Morgan fingerprint density at radius 3 is 2.25 bits per heavy atom. The lowest BCUT2D eigenvalue weighted by Gasteiger charge is -2.05. The van der Waals surface area contributed by atoms with Crippen LogP contribution in [0.15, 0.2) is 18.7 Å². The van der Waals surface area contributed by atoms with Crippen LogP contribution in [-0.2, 0) is 0 Å². The van der Waals surface area contributed by atoms with Crippen LogP contribution < -0.4 is 17.0 Å². The van der Waals surface area contributed by atoms with Crippen LogP contribution in [0.25, 0.3) is 0 Å². The summed E-state index contributed by atoms with van der Waals surface area (Å²) in [4.78, 5) is 0. The summed E-state index contributed by atoms with van der Waals surface area (Å²) < 4.78 is 4.90. The van der Waals surface area contributed by atoms with E-state index in [1.165, 1.54) is 51.4 Å². The van der Waals surface area contributed by atoms with Crippen molar-refractivity contribution < 1.29 is 17.0 Å². The highest BCUT2D eigenvalue weighted by atomic mass is 35.5. The molecule has 3 rings (SSSR count). The van der Waals surface area contributed by atoms with E-state index in [4.69, 9.17) is 0 Å². The minimum atomic E-state index is 0. The summed E-state index contributed by atoms with van der Waals surface area (Å²) in [5, 5.41) is 0. The molecule has 1 aromatic rings. The Hall–Kier alpha value is -0.500. The van der Waals surface area contributed by atoms with E-state index < -0.39 is 0 Å². The summed E-state index contributed by atoms with van der Waals surface area (Å²) in [5.41, 5.74) is 0. The van der Waals surface area contributed by atoms with Crippen LogP contribution in [0.2, 0.25) is 0 Å². The van der Waals surface area contributed by atoms with Gasteiger partial charge in [0, 0.05) is 0 Å². The maximum absolute atomic E-state index is 2.45. The van der Waals surface area contributed by atoms with Crippen LogP contribution in [0, 0.1) is 0 Å². The molecule has 2 fully saturated rings. The highest BCUT2D eigenvalue weighted by Gasteiger charge is 2.25. The first-order chi connectivity index (χ1) is 7.43. The van der Waals surface area contributed by atoms with Gasteiger partial charge in [-0.1, -0.05) is 0 Å². The average molecular weight is 241 g/mol. The van der Waals surface area contributed by atoms with Crippen molar-refractivity contribution in [1.29, 1.82) is 0 Å². The summed E-state index contributed by atoms with van der Waals surface area (Å²) in [6.07, 6.45) is 18.2. The van der Waals surface area contributed by atoms with Gasteiger partial charge < -0.3 is 12.4 Å². The first-order valence-corrected chi connectivity index (χ1v) is 6.52. The molecule has 3 heteroatoms. The zero-order valence-electron chi connectivity index (χ0n) is 9.82. The zero-order chi connectivity index (χ0) is 10.1. The number of imidazole rings is 1. The maximum atomic E-state index is 2.45. The molecule has 1 heterocycles. The van der Waals surface area contributed by atoms with Crippen LogP contribution in [0.3, 0.4) is 0 Å². The predicted octanol–water partition coefficient (Wildman–Crippen LogP) is 0.00980. The van der Waals surface area contributed by atoms with Crippen molar-refractivity contribution in [3.05, 3.63) is 18.7 Å². The molecule has 2 nitrogen and oxygen atoms in total. The first kappa shape index (κ1) is 12.0. The Labute approximate surface area is 104 Å². The topological polar surface area (TPSA) is 8.81 Å². The van der Waals surface area contributed by atoms with Crippen molar-refractivity contribution in [2.75, 3.05) is 0 Å². The van der Waals surface area contributed by atoms with Gasteiger partial charge in [0.2, 0.25) is 6.33 Å². The Kier molecular flexibility index (Phi) is 3.91. The number of rotatable bonds is 2. The minimum Gasteiger partial charge on any atom is -1.00 e. The fourth-order valence-corrected chi connectivity index (χ4v) is 3.22. The van der Waals surface area contributed by atoms with Crippen molar-refractivity contribution >= 4 is 0 Å². The third kappa shape index (κ3) is 2.27. The van der Waals surface area contributed by atoms with Gasteiger partial charge in [-0.05, 0) is 51.4 Å². The summed E-state index contributed by atoms with van der Waals surface area (Å²) in [5.74, 6) is 0. The number of halogens is 1. The van der Waals surface area contributed by atoms with E-state index in [0.29, 0.717) is 0 Å². The van der Waals surface area contributed by atoms with Gasteiger partial charge in [0.15, 0.2) is 0 Å². The Balaban J connectivity index is 0.000000963. The van der Waals surface area contributed by atoms with Crippen LogP contribution in [0.1, 0.15) is 63.5 Å². The second-order valence-electron chi connectivity index (χ2n) is 5.18. The third-order valence-corrected chi connectivity index (χ3v) is 4.17. The monoisotopic (exact) mass is 240 g/mol. The van der Waals surface area contributed by atoms with E-state index in [1.807, 2.05) is 0 Å². The third-order valence-electron chi connectivity index (χ3n) is 4.17. The Bertz CT molecular complexity index is 292. The second kappa shape index (κ2) is 5.22. The molecule has 90 valence electrons. The molecule has 0 bridgehead atoms. The SMILES string of the molecule is [Cl-].c1c[n+](C2CCCC2)cn1C1CCCC1. The molecule has 0 saturated heterocycles. The lowest BCUT2D eigenvalue weighted by Crippen LogP contribution is -3.00. The van der Waals surface area contributed by atoms with Gasteiger partial charge in [-0.25, -0.2) is 9.13 Å². The summed E-state index contributed by atoms with van der Waals surface area (Å²) in [6, 6.07) is 1.60. The standard InChI is InChI=1S/C13H21N2.ClH/c1-2-6-12(5-1)14-9-10-15(11-14)13-7-3-4-8-13;/h9-13H,1-8H2;1H/q+1;/p-1. The molecule has 0 aliphatic heterocycles. The van der Waals surface area contributed by atoms with E-state index >= 15 is 0 Å². The van der Waals surface area contributed by atoms with Crippen molar-refractivity contribution in [3.8, 4) is 0 Å². The van der Waals surface area contributed by atoms with Gasteiger partial charge in [0.25, 0.3) is 0 Å². The molecule has 0 unspecified atom stereocenters. The van der Waals surface area contributed by atoms with Crippen LogP contribution >= 0.6 is 0 Å². The Morgan fingerprint density at radius 2 is 1.56 bits per heavy atom. The summed E-state index contributed by atoms with van der Waals surface area (Å²) >= 11 is 0. The van der Waals surface area contributed by atoms with Gasteiger partial charge in [0.05, 0.1) is 0 Å². The van der Waals surface area contributed by atoms with E-state index in [2.05, 4.69) is 27.9 Å². The number of aromatic nitrogens is 2. The highest BCUT2D eigenvalue weighted by molar-refractivity contribution is 4.80. The molecule has 2 aliphatic rings. The molecule has 2 saturated carbocycles. The van der Waals surface area contributed by atoms with Gasteiger partial charge in [-0.2, -0.15) is 0 Å². The summed E-state index contributed by atoms with van der Waals surface area (Å²) in [7, 11) is 0. The normalized spacial score (nSPS) is 22.5. The largest absolute Gasteiger partial charge is 1.00 e. The lowest BCUT2D eigenvalue weighted by atomic mass is 10.2. The molecule has 2 aliphatic carbocycles. The van der Waals surface area contributed by atoms with Crippen LogP contribution in [0.4, 0.5) is 0 Å². The molecule has 0 N–H and O–H groups in total. The van der Waals surface area contributed by atoms with Gasteiger partial charge in [0.1, 0.15) is 24.5 Å². The molecule has 16 heavy (non-hydrogen) atoms. The van der Waals surface area contributed by atoms with Gasteiger partial charge in [-0.3, -0.25) is 0 Å². The lowest BCUT2D eigenvalue weighted by molar-refractivity contribution is -0.721. The zero-order valence-corrected chi connectivity index (χ0v) is 10.6. The quantitative estimate of drug-likeness (QED) is 0.645. The predicted molar refractivity (Wildman–Crippen MR) is 59.6 cm³/mol. The van der Waals surface area contributed by atoms with Crippen molar-refractivity contribution in [3.63, 3.8) is 0 Å². The first-order valence-electron chi connectivity index (χ1n) is 6.52. The van der Waals surface area contributed by atoms with E-state index in [-0.39, 0.29) is 12.4 Å². The van der Waals surface area contributed by atoms with Crippen molar-refractivity contribution in [2.24, 2.45) is 0 Å². The number of hydrogen-bond donors (Lipinski definition) is 0. The smallest absolute Gasteiger partial charge is 0.244 e. The van der Waals surface area contributed by atoms with Gasteiger partial charge >= 0.3 is 0 Å². The fourth-order valence-electron chi connectivity index (χ4n) is 3.22. The Morgan fingerprint density at radius 1 is 0.938 bits per heavy atom. The molecule has 1 aromatic heterocycles. The highest BCUT2D eigenvalue weighted by Crippen LogP contribution is 2.29. The van der Waals surface area contributed by atoms with Crippen molar-refractivity contribution in [1.82, 2.24) is 4.57 Å². The van der Waals surface area contributed by atoms with Crippen molar-refractivity contribution in [2.45, 2.75) is 63.5 Å². The van der Waals surface area contributed by atoms with E-state index in [0.717, 1.165) is 12.1 Å². The number of hydrogen-bond acceptors (Lipinski definition) is 0. The fraction of sp³-hybridized carbons (Fsp3) is 0.769. The molecule has 0 aromatic carbocycles. The molecule has 0 spiro atoms. The van der Waals surface area contributed by atoms with Crippen LogP contribution in [0.5, 0.6) is 0 Å². The molecular formula is C13H21ClN2. The minimum absolute atomic E-state index is 0. The average Bonchev–Trinajstić information content (AvgIpc) is 3.02. The number of nitrogens with zero attached hydrogens (tertiary/aromatic N) is 2. The molecular weight excluding hydrogens is 220 g/mol. The second-order valence-corrected chi connectivity index (χ2v) is 5.18. The molecule has 0 radical (unpaired) electrons. The van der Waals surface area contributed by atoms with E-state index in [1.54, 1.807) is 0 Å². The van der Waals surface area contributed by atoms with E-state index in [9.17, 15) is 0 Å². The molecule has 0 amide bonds. The van der Waals surface area contributed by atoms with Crippen LogP contribution in [-0.4, -0.2) is 4.57 Å². The molecule has 0 atom stereocenters.